The van der Waals surface area contributed by atoms with Gasteiger partial charge in [-0.3, -0.25) is 4.79 Å². The standard InChI is InChI=1S/C13H13BrO2/c14-10-1-2-11-9(7-10)8-12(15)13(11)3-5-16-6-4-13/h1-2,7H,3-6,8H2. The minimum absolute atomic E-state index is 0.228. The second-order valence-electron chi connectivity index (χ2n) is 4.60. The van der Waals surface area contributed by atoms with E-state index in [4.69, 9.17) is 4.74 Å². The van der Waals surface area contributed by atoms with Crippen molar-refractivity contribution in [2.24, 2.45) is 0 Å². The lowest BCUT2D eigenvalue weighted by Crippen LogP contribution is -2.38. The van der Waals surface area contributed by atoms with Gasteiger partial charge in [0.05, 0.1) is 5.41 Å². The molecule has 1 heterocycles. The maximum atomic E-state index is 12.2. The Kier molecular flexibility index (Phi) is 2.41. The second kappa shape index (κ2) is 3.67. The summed E-state index contributed by atoms with van der Waals surface area (Å²) in [6, 6.07) is 6.22. The lowest BCUT2D eigenvalue weighted by Gasteiger charge is -2.32. The van der Waals surface area contributed by atoms with Crippen molar-refractivity contribution in [1.29, 1.82) is 0 Å². The van der Waals surface area contributed by atoms with Crippen molar-refractivity contribution in [3.05, 3.63) is 33.8 Å². The average molecular weight is 281 g/mol. The molecule has 0 aromatic heterocycles. The van der Waals surface area contributed by atoms with Gasteiger partial charge in [-0.05, 0) is 36.1 Å². The molecule has 2 nitrogen and oxygen atoms in total. The highest BCUT2D eigenvalue weighted by atomic mass is 79.9. The zero-order chi connectivity index (χ0) is 11.2. The Morgan fingerprint density at radius 3 is 2.75 bits per heavy atom. The van der Waals surface area contributed by atoms with Gasteiger partial charge in [-0.2, -0.15) is 0 Å². The van der Waals surface area contributed by atoms with Crippen LogP contribution in [-0.4, -0.2) is 19.0 Å². The van der Waals surface area contributed by atoms with E-state index in [1.165, 1.54) is 11.1 Å². The van der Waals surface area contributed by atoms with Crippen molar-refractivity contribution >= 4 is 21.7 Å². The van der Waals surface area contributed by atoms with Gasteiger partial charge in [0.25, 0.3) is 0 Å². The Morgan fingerprint density at radius 2 is 2.00 bits per heavy atom. The summed E-state index contributed by atoms with van der Waals surface area (Å²) in [7, 11) is 0. The molecule has 1 aromatic carbocycles. The molecule has 84 valence electrons. The SMILES string of the molecule is O=C1Cc2cc(Br)ccc2C12CCOCC2. The summed E-state index contributed by atoms with van der Waals surface area (Å²) >= 11 is 3.46. The highest BCUT2D eigenvalue weighted by Crippen LogP contribution is 2.44. The molecule has 0 saturated carbocycles. The molecule has 1 aliphatic heterocycles. The Morgan fingerprint density at radius 1 is 1.25 bits per heavy atom. The van der Waals surface area contributed by atoms with Gasteiger partial charge in [0.15, 0.2) is 0 Å². The van der Waals surface area contributed by atoms with E-state index in [1.54, 1.807) is 0 Å². The number of hydrogen-bond acceptors (Lipinski definition) is 2. The first-order valence-electron chi connectivity index (χ1n) is 5.62. The van der Waals surface area contributed by atoms with Gasteiger partial charge in [-0.25, -0.2) is 0 Å². The topological polar surface area (TPSA) is 26.3 Å². The number of carbonyl (C=O) groups excluding carboxylic acids is 1. The number of Topliss-reactive ketones (excluding diaryl/α,β-unsaturated/α-hetero) is 1. The van der Waals surface area contributed by atoms with Crippen LogP contribution in [0.5, 0.6) is 0 Å². The van der Waals surface area contributed by atoms with Crippen molar-refractivity contribution < 1.29 is 9.53 Å². The number of ketones is 1. The summed E-state index contributed by atoms with van der Waals surface area (Å²) in [5.41, 5.74) is 2.21. The quantitative estimate of drug-likeness (QED) is 0.730. The Labute approximate surface area is 103 Å². The molecule has 0 bridgehead atoms. The fourth-order valence-corrected chi connectivity index (χ4v) is 3.34. The Hall–Kier alpha value is -0.670. The molecule has 0 atom stereocenters. The molecule has 2 aliphatic rings. The largest absolute Gasteiger partial charge is 0.381 e. The van der Waals surface area contributed by atoms with Gasteiger partial charge < -0.3 is 4.74 Å². The third-order valence-electron chi connectivity index (χ3n) is 3.81. The molecule has 0 radical (unpaired) electrons. The normalized spacial score (nSPS) is 22.4. The number of hydrogen-bond donors (Lipinski definition) is 0. The molecular formula is C13H13BrO2. The number of rotatable bonds is 0. The fraction of sp³-hybridized carbons (Fsp3) is 0.462. The number of halogens is 1. The van der Waals surface area contributed by atoms with Crippen molar-refractivity contribution in [1.82, 2.24) is 0 Å². The van der Waals surface area contributed by atoms with Gasteiger partial charge in [0.1, 0.15) is 5.78 Å². The van der Waals surface area contributed by atoms with Crippen LogP contribution in [0.1, 0.15) is 24.0 Å². The zero-order valence-corrected chi connectivity index (χ0v) is 10.5. The van der Waals surface area contributed by atoms with Crippen molar-refractivity contribution in [3.63, 3.8) is 0 Å². The highest BCUT2D eigenvalue weighted by molar-refractivity contribution is 9.10. The van der Waals surface area contributed by atoms with Crippen LogP contribution in [0.15, 0.2) is 22.7 Å². The molecule has 1 fully saturated rings. The first-order chi connectivity index (χ1) is 7.72. The van der Waals surface area contributed by atoms with Crippen LogP contribution in [0.3, 0.4) is 0 Å². The molecule has 0 amide bonds. The third kappa shape index (κ3) is 1.38. The first-order valence-corrected chi connectivity index (χ1v) is 6.42. The minimum Gasteiger partial charge on any atom is -0.381 e. The van der Waals surface area contributed by atoms with Crippen molar-refractivity contribution in [3.8, 4) is 0 Å². The van der Waals surface area contributed by atoms with E-state index >= 15 is 0 Å². The highest BCUT2D eigenvalue weighted by Gasteiger charge is 2.46. The summed E-state index contributed by atoms with van der Waals surface area (Å²) in [5, 5.41) is 0. The van der Waals surface area contributed by atoms with Crippen LogP contribution in [0.2, 0.25) is 0 Å². The van der Waals surface area contributed by atoms with Gasteiger partial charge in [-0.1, -0.05) is 22.0 Å². The number of carbonyl (C=O) groups is 1. The molecule has 1 aromatic rings. The minimum atomic E-state index is -0.228. The van der Waals surface area contributed by atoms with E-state index in [9.17, 15) is 4.79 Å². The van der Waals surface area contributed by atoms with Gasteiger partial charge >= 0.3 is 0 Å². The molecule has 1 aliphatic carbocycles. The summed E-state index contributed by atoms with van der Waals surface area (Å²) in [6.45, 7) is 1.42. The molecule has 3 heteroatoms. The van der Waals surface area contributed by atoms with Crippen LogP contribution in [0, 0.1) is 0 Å². The average Bonchev–Trinajstić information content (AvgIpc) is 2.53. The number of fused-ring (bicyclic) bond motifs is 2. The van der Waals surface area contributed by atoms with Crippen LogP contribution in [0.4, 0.5) is 0 Å². The van der Waals surface area contributed by atoms with E-state index in [-0.39, 0.29) is 5.41 Å². The maximum absolute atomic E-state index is 12.2. The Bertz CT molecular complexity index is 447. The molecule has 1 spiro atoms. The van der Waals surface area contributed by atoms with Gasteiger partial charge in [0, 0.05) is 24.1 Å². The molecule has 0 unspecified atom stereocenters. The smallest absolute Gasteiger partial charge is 0.147 e. The number of benzene rings is 1. The first kappa shape index (κ1) is 10.5. The second-order valence-corrected chi connectivity index (χ2v) is 5.51. The van der Waals surface area contributed by atoms with Crippen LogP contribution in [0.25, 0.3) is 0 Å². The van der Waals surface area contributed by atoms with Crippen LogP contribution >= 0.6 is 15.9 Å². The molecule has 1 saturated heterocycles. The summed E-state index contributed by atoms with van der Waals surface area (Å²) in [4.78, 5) is 12.2. The summed E-state index contributed by atoms with van der Waals surface area (Å²) < 4.78 is 6.44. The lowest BCUT2D eigenvalue weighted by atomic mass is 9.74. The van der Waals surface area contributed by atoms with Crippen LogP contribution in [-0.2, 0) is 21.4 Å². The number of ether oxygens (including phenoxy) is 1. The van der Waals surface area contributed by atoms with Crippen molar-refractivity contribution in [2.45, 2.75) is 24.7 Å². The van der Waals surface area contributed by atoms with Crippen molar-refractivity contribution in [2.75, 3.05) is 13.2 Å². The molecule has 0 N–H and O–H groups in total. The predicted octanol–water partition coefficient (Wildman–Crippen LogP) is 2.62. The predicted molar refractivity (Wildman–Crippen MR) is 64.6 cm³/mol. The summed E-state index contributed by atoms with van der Waals surface area (Å²) in [6.07, 6.45) is 2.29. The molecule has 16 heavy (non-hydrogen) atoms. The molecular weight excluding hydrogens is 268 g/mol. The zero-order valence-electron chi connectivity index (χ0n) is 8.96. The summed E-state index contributed by atoms with van der Waals surface area (Å²) in [5.74, 6) is 0.379. The third-order valence-corrected chi connectivity index (χ3v) is 4.31. The van der Waals surface area contributed by atoms with E-state index in [0.717, 1.165) is 17.3 Å². The van der Waals surface area contributed by atoms with E-state index in [2.05, 4.69) is 28.1 Å². The van der Waals surface area contributed by atoms with Crippen LogP contribution < -0.4 is 0 Å². The van der Waals surface area contributed by atoms with Gasteiger partial charge in [-0.15, -0.1) is 0 Å². The van der Waals surface area contributed by atoms with E-state index in [1.807, 2.05) is 6.07 Å². The van der Waals surface area contributed by atoms with Gasteiger partial charge in [0.2, 0.25) is 0 Å². The lowest BCUT2D eigenvalue weighted by molar-refractivity contribution is -0.126. The monoisotopic (exact) mass is 280 g/mol. The van der Waals surface area contributed by atoms with E-state index in [0.29, 0.717) is 25.4 Å². The Balaban J connectivity index is 2.11. The molecule has 3 rings (SSSR count). The van der Waals surface area contributed by atoms with E-state index < -0.39 is 0 Å². The maximum Gasteiger partial charge on any atom is 0.147 e. The fourth-order valence-electron chi connectivity index (χ4n) is 2.94.